The molecule has 1 fully saturated rings. The minimum absolute atomic E-state index is 1.09. The maximum Gasteiger partial charge on any atom is 0.0706 e. The second-order valence-electron chi connectivity index (χ2n) is 5.08. The van der Waals surface area contributed by atoms with Gasteiger partial charge in [0.2, 0.25) is 0 Å². The number of hydrogen-bond acceptors (Lipinski definition) is 3. The number of piperazine rings is 1. The van der Waals surface area contributed by atoms with Gasteiger partial charge in [0.15, 0.2) is 0 Å². The Morgan fingerprint density at radius 3 is 2.56 bits per heavy atom. The Hall–Kier alpha value is -1.61. The van der Waals surface area contributed by atoms with Crippen LogP contribution in [0.3, 0.4) is 0 Å². The molecule has 3 rings (SSSR count). The summed E-state index contributed by atoms with van der Waals surface area (Å²) in [6.07, 6.45) is 0. The summed E-state index contributed by atoms with van der Waals surface area (Å²) in [4.78, 5) is 9.54. The molecule has 0 radical (unpaired) electrons. The third-order valence-electron chi connectivity index (χ3n) is 3.73. The van der Waals surface area contributed by atoms with E-state index in [-0.39, 0.29) is 0 Å². The lowest BCUT2D eigenvalue weighted by atomic mass is 10.1. The molecule has 0 atom stereocenters. The molecule has 3 nitrogen and oxygen atoms in total. The number of aryl methyl sites for hydroxylation is 1. The molecule has 0 amide bonds. The Morgan fingerprint density at radius 1 is 1.06 bits per heavy atom. The Labute approximate surface area is 108 Å². The predicted octanol–water partition coefficient (Wildman–Crippen LogP) is 2.30. The molecule has 1 aliphatic heterocycles. The second-order valence-corrected chi connectivity index (χ2v) is 5.08. The van der Waals surface area contributed by atoms with Crippen LogP contribution < -0.4 is 4.90 Å². The smallest absolute Gasteiger partial charge is 0.0706 e. The predicted molar refractivity (Wildman–Crippen MR) is 76.2 cm³/mol. The molecule has 1 aromatic heterocycles. The van der Waals surface area contributed by atoms with E-state index in [0.29, 0.717) is 0 Å². The van der Waals surface area contributed by atoms with Crippen molar-refractivity contribution in [3.05, 3.63) is 36.0 Å². The third kappa shape index (κ3) is 2.06. The first-order valence-corrected chi connectivity index (χ1v) is 6.54. The molecular formula is C15H19N3. The van der Waals surface area contributed by atoms with E-state index in [1.54, 1.807) is 0 Å². The van der Waals surface area contributed by atoms with Crippen molar-refractivity contribution in [1.82, 2.24) is 9.88 Å². The van der Waals surface area contributed by atoms with Gasteiger partial charge in [0.05, 0.1) is 16.9 Å². The fourth-order valence-corrected chi connectivity index (χ4v) is 2.57. The molecule has 1 aliphatic rings. The molecule has 0 N–H and O–H groups in total. The lowest BCUT2D eigenvalue weighted by Gasteiger charge is -2.34. The van der Waals surface area contributed by atoms with Crippen LogP contribution in [0.15, 0.2) is 30.3 Å². The fourth-order valence-electron chi connectivity index (χ4n) is 2.57. The van der Waals surface area contributed by atoms with E-state index in [9.17, 15) is 0 Å². The monoisotopic (exact) mass is 241 g/mol. The summed E-state index contributed by atoms with van der Waals surface area (Å²) in [5.74, 6) is 0. The SMILES string of the molecule is Cc1nc2ccccc2cc1N1CCN(C)CC1. The molecule has 0 bridgehead atoms. The third-order valence-corrected chi connectivity index (χ3v) is 3.73. The first-order valence-electron chi connectivity index (χ1n) is 6.54. The molecule has 1 aromatic carbocycles. The van der Waals surface area contributed by atoms with E-state index in [2.05, 4.69) is 48.0 Å². The van der Waals surface area contributed by atoms with E-state index >= 15 is 0 Å². The van der Waals surface area contributed by atoms with Crippen LogP contribution in [0.2, 0.25) is 0 Å². The Bertz CT molecular complexity index is 557. The highest BCUT2D eigenvalue weighted by Crippen LogP contribution is 2.24. The van der Waals surface area contributed by atoms with Gasteiger partial charge < -0.3 is 9.80 Å². The van der Waals surface area contributed by atoms with Crippen molar-refractivity contribution < 1.29 is 0 Å². The van der Waals surface area contributed by atoms with Crippen molar-refractivity contribution in [2.45, 2.75) is 6.92 Å². The lowest BCUT2D eigenvalue weighted by Crippen LogP contribution is -2.44. The van der Waals surface area contributed by atoms with Crippen molar-refractivity contribution >= 4 is 16.6 Å². The maximum atomic E-state index is 4.71. The van der Waals surface area contributed by atoms with Gasteiger partial charge in [0.1, 0.15) is 0 Å². The van der Waals surface area contributed by atoms with Crippen LogP contribution in [0.25, 0.3) is 10.9 Å². The summed E-state index contributed by atoms with van der Waals surface area (Å²) >= 11 is 0. The van der Waals surface area contributed by atoms with Crippen molar-refractivity contribution in [2.75, 3.05) is 38.1 Å². The number of hydrogen-bond donors (Lipinski definition) is 0. The number of fused-ring (bicyclic) bond motifs is 1. The fraction of sp³-hybridized carbons (Fsp3) is 0.400. The van der Waals surface area contributed by atoms with Gasteiger partial charge >= 0.3 is 0 Å². The van der Waals surface area contributed by atoms with Crippen LogP contribution >= 0.6 is 0 Å². The average molecular weight is 241 g/mol. The highest BCUT2D eigenvalue weighted by atomic mass is 15.2. The highest BCUT2D eigenvalue weighted by molar-refractivity contribution is 5.82. The zero-order chi connectivity index (χ0) is 12.5. The number of rotatable bonds is 1. The van der Waals surface area contributed by atoms with Crippen LogP contribution in [0.5, 0.6) is 0 Å². The van der Waals surface area contributed by atoms with Gasteiger partial charge in [-0.05, 0) is 26.1 Å². The standard InChI is InChI=1S/C15H19N3/c1-12-15(18-9-7-17(2)8-10-18)11-13-5-3-4-6-14(13)16-12/h3-6,11H,7-10H2,1-2H3. The summed E-state index contributed by atoms with van der Waals surface area (Å²) in [5, 5.41) is 1.23. The molecular weight excluding hydrogens is 222 g/mol. The summed E-state index contributed by atoms with van der Waals surface area (Å²) < 4.78 is 0. The topological polar surface area (TPSA) is 19.4 Å². The van der Waals surface area contributed by atoms with Crippen molar-refractivity contribution in [3.63, 3.8) is 0 Å². The van der Waals surface area contributed by atoms with Crippen LogP contribution in [0.1, 0.15) is 5.69 Å². The van der Waals surface area contributed by atoms with Crippen molar-refractivity contribution in [3.8, 4) is 0 Å². The van der Waals surface area contributed by atoms with Crippen LogP contribution in [0.4, 0.5) is 5.69 Å². The normalized spacial score (nSPS) is 17.3. The van der Waals surface area contributed by atoms with Gasteiger partial charge in [0.25, 0.3) is 0 Å². The largest absolute Gasteiger partial charge is 0.367 e. The Balaban J connectivity index is 1.98. The molecule has 0 saturated carbocycles. The van der Waals surface area contributed by atoms with E-state index < -0.39 is 0 Å². The quantitative estimate of drug-likeness (QED) is 0.763. The van der Waals surface area contributed by atoms with Gasteiger partial charge in [-0.2, -0.15) is 0 Å². The number of likely N-dealkylation sites (N-methyl/N-ethyl adjacent to an activating group) is 1. The van der Waals surface area contributed by atoms with Crippen LogP contribution in [-0.4, -0.2) is 43.1 Å². The summed E-state index contributed by atoms with van der Waals surface area (Å²) in [7, 11) is 2.18. The molecule has 0 aliphatic carbocycles. The number of para-hydroxylation sites is 1. The lowest BCUT2D eigenvalue weighted by molar-refractivity contribution is 0.312. The number of anilines is 1. The first kappa shape index (κ1) is 11.5. The molecule has 94 valence electrons. The van der Waals surface area contributed by atoms with Crippen LogP contribution in [-0.2, 0) is 0 Å². The first-order chi connectivity index (χ1) is 8.74. The van der Waals surface area contributed by atoms with Gasteiger partial charge in [-0.1, -0.05) is 18.2 Å². The van der Waals surface area contributed by atoms with Gasteiger partial charge in [-0.15, -0.1) is 0 Å². The molecule has 2 heterocycles. The van der Waals surface area contributed by atoms with Gasteiger partial charge in [-0.25, -0.2) is 0 Å². The number of nitrogens with zero attached hydrogens (tertiary/aromatic N) is 3. The zero-order valence-corrected chi connectivity index (χ0v) is 11.1. The van der Waals surface area contributed by atoms with Crippen molar-refractivity contribution in [2.24, 2.45) is 0 Å². The van der Waals surface area contributed by atoms with Gasteiger partial charge in [-0.3, -0.25) is 4.98 Å². The average Bonchev–Trinajstić information content (AvgIpc) is 2.39. The maximum absolute atomic E-state index is 4.71. The number of pyridine rings is 1. The number of aromatic nitrogens is 1. The van der Waals surface area contributed by atoms with Crippen molar-refractivity contribution in [1.29, 1.82) is 0 Å². The number of benzene rings is 1. The summed E-state index contributed by atoms with van der Waals surface area (Å²) in [6.45, 7) is 6.56. The second kappa shape index (κ2) is 4.58. The molecule has 18 heavy (non-hydrogen) atoms. The summed E-state index contributed by atoms with van der Waals surface area (Å²) in [5.41, 5.74) is 3.52. The van der Waals surface area contributed by atoms with Gasteiger partial charge in [0, 0.05) is 31.6 Å². The van der Waals surface area contributed by atoms with E-state index in [1.165, 1.54) is 11.1 Å². The van der Waals surface area contributed by atoms with E-state index in [1.807, 2.05) is 6.07 Å². The Morgan fingerprint density at radius 2 is 1.78 bits per heavy atom. The summed E-state index contributed by atoms with van der Waals surface area (Å²) in [6, 6.07) is 10.6. The molecule has 0 unspecified atom stereocenters. The van der Waals surface area contributed by atoms with E-state index in [4.69, 9.17) is 4.98 Å². The molecule has 3 heteroatoms. The minimum atomic E-state index is 1.09. The van der Waals surface area contributed by atoms with Crippen LogP contribution in [0, 0.1) is 6.92 Å². The minimum Gasteiger partial charge on any atom is -0.367 e. The molecule has 0 spiro atoms. The Kier molecular flexibility index (Phi) is 2.92. The molecule has 2 aromatic rings. The molecule has 1 saturated heterocycles. The zero-order valence-electron chi connectivity index (χ0n) is 11.1. The van der Waals surface area contributed by atoms with E-state index in [0.717, 1.165) is 37.4 Å². The highest BCUT2D eigenvalue weighted by Gasteiger charge is 2.16.